The molecule has 0 aliphatic rings. The lowest BCUT2D eigenvalue weighted by atomic mass is 10.1. The summed E-state index contributed by atoms with van der Waals surface area (Å²) in [7, 11) is 0. The minimum Gasteiger partial charge on any atom is -0.616 e. The zero-order chi connectivity index (χ0) is 11.9. The highest BCUT2D eigenvalue weighted by atomic mass is 19.1. The second kappa shape index (κ2) is 3.63. The smallest absolute Gasteiger partial charge is 0.392 e. The van der Waals surface area contributed by atoms with Crippen LogP contribution in [0.25, 0.3) is 11.5 Å². The SMILES string of the molecule is Cc1cc(-c2oc(C)c(C)[n+]2[O-])ccc1F. The van der Waals surface area contributed by atoms with E-state index in [0.717, 1.165) is 4.73 Å². The van der Waals surface area contributed by atoms with Crippen molar-refractivity contribution in [3.05, 3.63) is 46.2 Å². The Morgan fingerprint density at radius 3 is 2.44 bits per heavy atom. The molecule has 1 heterocycles. The fourth-order valence-corrected chi connectivity index (χ4v) is 1.51. The molecule has 0 saturated heterocycles. The van der Waals surface area contributed by atoms with Crippen molar-refractivity contribution < 1.29 is 13.5 Å². The molecule has 3 nitrogen and oxygen atoms in total. The van der Waals surface area contributed by atoms with Gasteiger partial charge in [-0.1, -0.05) is 0 Å². The number of aryl methyl sites for hydroxylation is 2. The number of aromatic nitrogens is 1. The van der Waals surface area contributed by atoms with Gasteiger partial charge in [0, 0.05) is 13.8 Å². The van der Waals surface area contributed by atoms with Crippen LogP contribution >= 0.6 is 0 Å². The first-order chi connectivity index (χ1) is 7.50. The van der Waals surface area contributed by atoms with Crippen molar-refractivity contribution in [1.82, 2.24) is 0 Å². The second-order valence-electron chi connectivity index (χ2n) is 3.81. The molecule has 0 unspecified atom stereocenters. The zero-order valence-corrected chi connectivity index (χ0v) is 9.37. The van der Waals surface area contributed by atoms with Crippen LogP contribution in [0.1, 0.15) is 17.0 Å². The molecular weight excluding hydrogens is 209 g/mol. The Hall–Kier alpha value is -1.84. The van der Waals surface area contributed by atoms with Crippen LogP contribution in [0.15, 0.2) is 22.6 Å². The van der Waals surface area contributed by atoms with Gasteiger partial charge in [0.25, 0.3) is 0 Å². The van der Waals surface area contributed by atoms with Crippen LogP contribution in [0, 0.1) is 31.8 Å². The van der Waals surface area contributed by atoms with E-state index in [1.54, 1.807) is 26.8 Å². The molecule has 0 bridgehead atoms. The van der Waals surface area contributed by atoms with E-state index in [1.807, 2.05) is 0 Å². The van der Waals surface area contributed by atoms with E-state index in [1.165, 1.54) is 12.1 Å². The molecule has 4 heteroatoms. The average Bonchev–Trinajstić information content (AvgIpc) is 2.50. The summed E-state index contributed by atoms with van der Waals surface area (Å²) in [4.78, 5) is 0. The van der Waals surface area contributed by atoms with Gasteiger partial charge in [0.15, 0.2) is 5.76 Å². The molecule has 0 radical (unpaired) electrons. The molecule has 1 aromatic carbocycles. The number of halogens is 1. The molecule has 0 aliphatic heterocycles. The number of benzene rings is 1. The van der Waals surface area contributed by atoms with Crippen molar-refractivity contribution in [2.75, 3.05) is 0 Å². The predicted octanol–water partition coefficient (Wildman–Crippen LogP) is 2.64. The minimum atomic E-state index is -0.291. The van der Waals surface area contributed by atoms with E-state index in [2.05, 4.69) is 0 Å². The lowest BCUT2D eigenvalue weighted by molar-refractivity contribution is -0.602. The number of nitrogens with zero attached hydrogens (tertiary/aromatic N) is 1. The lowest BCUT2D eigenvalue weighted by Crippen LogP contribution is -2.29. The maximum atomic E-state index is 13.1. The summed E-state index contributed by atoms with van der Waals surface area (Å²) in [6.45, 7) is 5.06. The topological polar surface area (TPSA) is 40.1 Å². The van der Waals surface area contributed by atoms with Gasteiger partial charge in [0.2, 0.25) is 5.69 Å². The Morgan fingerprint density at radius 2 is 1.94 bits per heavy atom. The Balaban J connectivity index is 2.59. The summed E-state index contributed by atoms with van der Waals surface area (Å²) in [6, 6.07) is 4.47. The van der Waals surface area contributed by atoms with E-state index in [-0.39, 0.29) is 11.7 Å². The lowest BCUT2D eigenvalue weighted by Gasteiger charge is -1.99. The first-order valence-electron chi connectivity index (χ1n) is 4.97. The summed E-state index contributed by atoms with van der Waals surface area (Å²) in [5.41, 5.74) is 1.60. The van der Waals surface area contributed by atoms with Crippen molar-refractivity contribution in [3.8, 4) is 11.5 Å². The second-order valence-corrected chi connectivity index (χ2v) is 3.81. The number of oxazole rings is 1. The van der Waals surface area contributed by atoms with Gasteiger partial charge >= 0.3 is 5.89 Å². The van der Waals surface area contributed by atoms with E-state index in [4.69, 9.17) is 4.42 Å². The number of hydrogen-bond acceptors (Lipinski definition) is 2. The van der Waals surface area contributed by atoms with Gasteiger partial charge in [-0.15, -0.1) is 4.73 Å². The molecule has 2 rings (SSSR count). The van der Waals surface area contributed by atoms with Crippen LogP contribution in [0.2, 0.25) is 0 Å². The van der Waals surface area contributed by atoms with Crippen molar-refractivity contribution in [3.63, 3.8) is 0 Å². The van der Waals surface area contributed by atoms with Gasteiger partial charge < -0.3 is 9.62 Å². The fraction of sp³-hybridized carbons (Fsp3) is 0.250. The van der Waals surface area contributed by atoms with Crippen LogP contribution in [0.5, 0.6) is 0 Å². The van der Waals surface area contributed by atoms with Crippen LogP contribution in [-0.4, -0.2) is 0 Å². The zero-order valence-electron chi connectivity index (χ0n) is 9.37. The first-order valence-corrected chi connectivity index (χ1v) is 4.97. The largest absolute Gasteiger partial charge is 0.616 e. The predicted molar refractivity (Wildman–Crippen MR) is 57.3 cm³/mol. The van der Waals surface area contributed by atoms with Gasteiger partial charge in [0.05, 0.1) is 5.56 Å². The highest BCUT2D eigenvalue weighted by molar-refractivity contribution is 5.52. The van der Waals surface area contributed by atoms with E-state index in [0.29, 0.717) is 22.6 Å². The molecule has 84 valence electrons. The maximum absolute atomic E-state index is 13.1. The van der Waals surface area contributed by atoms with E-state index < -0.39 is 0 Å². The minimum absolute atomic E-state index is 0.207. The van der Waals surface area contributed by atoms with E-state index in [9.17, 15) is 9.60 Å². The molecule has 0 amide bonds. The third kappa shape index (κ3) is 1.56. The Kier molecular flexibility index (Phi) is 2.42. The van der Waals surface area contributed by atoms with E-state index >= 15 is 0 Å². The third-order valence-corrected chi connectivity index (χ3v) is 2.65. The van der Waals surface area contributed by atoms with Gasteiger partial charge in [0.1, 0.15) is 5.82 Å². The first kappa shape index (κ1) is 10.7. The number of rotatable bonds is 1. The summed E-state index contributed by atoms with van der Waals surface area (Å²) < 4.78 is 19.2. The Labute approximate surface area is 92.7 Å². The molecule has 2 aromatic rings. The molecule has 0 spiro atoms. The summed E-state index contributed by atoms with van der Waals surface area (Å²) in [6.07, 6.45) is 0. The average molecular weight is 221 g/mol. The molecule has 0 atom stereocenters. The highest BCUT2D eigenvalue weighted by Crippen LogP contribution is 2.21. The summed E-state index contributed by atoms with van der Waals surface area (Å²) >= 11 is 0. The van der Waals surface area contributed by atoms with Gasteiger partial charge in [-0.3, -0.25) is 0 Å². The molecular formula is C12H12FNO2. The maximum Gasteiger partial charge on any atom is 0.392 e. The van der Waals surface area contributed by atoms with Crippen molar-refractivity contribution in [2.45, 2.75) is 20.8 Å². The Morgan fingerprint density at radius 1 is 1.25 bits per heavy atom. The quantitative estimate of drug-likeness (QED) is 0.548. The van der Waals surface area contributed by atoms with Crippen molar-refractivity contribution >= 4 is 0 Å². The standard InChI is InChI=1S/C12H12FNO2/c1-7-6-10(4-5-11(7)13)12-14(15)8(2)9(3)16-12/h4-6H,1-3H3. The molecule has 0 aliphatic carbocycles. The van der Waals surface area contributed by atoms with Crippen molar-refractivity contribution in [1.29, 1.82) is 0 Å². The van der Waals surface area contributed by atoms with Gasteiger partial charge in [-0.25, -0.2) is 4.39 Å². The normalized spacial score (nSPS) is 10.8. The van der Waals surface area contributed by atoms with Gasteiger partial charge in [-0.05, 0) is 30.7 Å². The number of hydrogen-bond donors (Lipinski definition) is 0. The van der Waals surface area contributed by atoms with Crippen LogP contribution < -0.4 is 4.73 Å². The molecule has 0 fully saturated rings. The summed E-state index contributed by atoms with van der Waals surface area (Å²) in [5.74, 6) is 0.492. The Bertz CT molecular complexity index is 546. The highest BCUT2D eigenvalue weighted by Gasteiger charge is 2.20. The van der Waals surface area contributed by atoms with Crippen molar-refractivity contribution in [2.24, 2.45) is 0 Å². The summed E-state index contributed by atoms with van der Waals surface area (Å²) in [5, 5.41) is 11.7. The van der Waals surface area contributed by atoms with Crippen LogP contribution in [-0.2, 0) is 0 Å². The molecule has 0 N–H and O–H groups in total. The monoisotopic (exact) mass is 221 g/mol. The molecule has 0 saturated carbocycles. The molecule has 1 aromatic heterocycles. The third-order valence-electron chi connectivity index (χ3n) is 2.65. The van der Waals surface area contributed by atoms with Gasteiger partial charge in [-0.2, -0.15) is 0 Å². The van der Waals surface area contributed by atoms with Crippen LogP contribution in [0.4, 0.5) is 4.39 Å². The molecule has 16 heavy (non-hydrogen) atoms. The fourth-order valence-electron chi connectivity index (χ4n) is 1.51. The van der Waals surface area contributed by atoms with Crippen LogP contribution in [0.3, 0.4) is 0 Å².